The Balaban J connectivity index is 0.000000524. The van der Waals surface area contributed by atoms with E-state index in [0.29, 0.717) is 24.5 Å². The third-order valence-corrected chi connectivity index (χ3v) is 19.9. The van der Waals surface area contributed by atoms with Crippen molar-refractivity contribution in [3.05, 3.63) is 164 Å². The van der Waals surface area contributed by atoms with Gasteiger partial charge in [-0.3, -0.25) is 4.98 Å². The molecule has 0 amide bonds. The molecule has 88 heavy (non-hydrogen) atoms. The van der Waals surface area contributed by atoms with Gasteiger partial charge in [-0.15, -0.1) is 46.6 Å². The third kappa shape index (κ3) is 44.7. The first-order chi connectivity index (χ1) is 42.2. The highest BCUT2D eigenvalue weighted by Crippen LogP contribution is 2.36. The fourth-order valence-electron chi connectivity index (χ4n) is 6.20. The van der Waals surface area contributed by atoms with E-state index in [2.05, 4.69) is 191 Å². The van der Waals surface area contributed by atoms with Gasteiger partial charge in [-0.25, -0.2) is 15.0 Å². The van der Waals surface area contributed by atoms with Crippen molar-refractivity contribution in [3.8, 4) is 22.6 Å². The number of rotatable bonds is 24. The molecule has 0 saturated heterocycles. The van der Waals surface area contributed by atoms with Crippen LogP contribution in [0.25, 0.3) is 32.8 Å². The molecule has 4 aromatic carbocycles. The van der Waals surface area contributed by atoms with Crippen molar-refractivity contribution < 1.29 is 19.0 Å². The van der Waals surface area contributed by atoms with Crippen molar-refractivity contribution in [2.45, 2.75) is 141 Å². The van der Waals surface area contributed by atoms with Crippen molar-refractivity contribution in [3.63, 3.8) is 0 Å². The normalized spacial score (nSPS) is 10.7. The summed E-state index contributed by atoms with van der Waals surface area (Å²) in [6.45, 7) is 36.1. The smallest absolute Gasteiger partial charge is 0.256 e. The predicted octanol–water partition coefficient (Wildman–Crippen LogP) is 22.6. The molecule has 4 aromatic heterocycles. The fraction of sp³-hybridized carbons (Fsp3) is 0.479. The number of ether oxygens (including phenoxy) is 2. The van der Waals surface area contributed by atoms with Gasteiger partial charge < -0.3 is 19.0 Å². The number of thiazole rings is 1. The van der Waals surface area contributed by atoms with Crippen molar-refractivity contribution in [1.82, 2.24) is 19.9 Å². The zero-order chi connectivity index (χ0) is 65.3. The van der Waals surface area contributed by atoms with Gasteiger partial charge >= 0.3 is 0 Å². The van der Waals surface area contributed by atoms with Gasteiger partial charge in [-0.2, -0.15) is 11.8 Å². The van der Waals surface area contributed by atoms with Gasteiger partial charge in [0.2, 0.25) is 0 Å². The average molecular weight is 1330 g/mol. The first-order valence-electron chi connectivity index (χ1n) is 30.8. The molecule has 4 heterocycles. The lowest BCUT2D eigenvalue weighted by Gasteiger charge is -2.02. The molecule has 15 heteroatoms. The first-order valence-corrected chi connectivity index (χ1v) is 37.7. The van der Waals surface area contributed by atoms with E-state index in [1.165, 1.54) is 36.1 Å². The largest absolute Gasteiger partial charge is 0.431 e. The molecule has 0 bridgehead atoms. The lowest BCUT2D eigenvalue weighted by Crippen LogP contribution is -1.96. The Morgan fingerprint density at radius 3 is 1.44 bits per heavy atom. The quantitative estimate of drug-likeness (QED) is 0.0459. The molecular weight excluding hydrogens is 1220 g/mol. The number of para-hydroxylation sites is 1. The summed E-state index contributed by atoms with van der Waals surface area (Å²) in [7, 11) is 3.42. The molecule has 8 rings (SSSR count). The minimum Gasteiger partial charge on any atom is -0.431 e. The molecule has 0 atom stereocenters. The standard InChI is InChI=1S/C19H19NOS.C11H13NS2.C10H14S.2C9H13NS.C6H14OS.C5H12O.C4H10O/c1-14(2)13-22-19-20-17(15-9-5-3-6-10-15)18(21-19)16-11-7-4-8-12-16;1-8(2)7-13-11-12-9-5-3-4-6-10(9)14-11;1-9(2)8-11-10-6-4-3-5-7-10;1-8(2)7-11-9-4-3-5-10-6-9;1-8(2)7-11-9-5-3-4-6-10-9;1-6(2)5-8-4-3-7;1-5(2)4-6-3;1-4(2)5-3/h3-12,14H,13H2,1-2H3;3-6,8H,7H2,1-2H3;3-7,9H,8H2,1-2H3;2*3-6,8H,7H2,1-2H3;6-7H,3-5H2,1-2H3;5H,4H2,1-3H3;4H,1-3H3. The zero-order valence-electron chi connectivity index (χ0n) is 56.4. The Labute approximate surface area is 563 Å². The van der Waals surface area contributed by atoms with Gasteiger partial charge in [0.05, 0.1) is 28.0 Å². The van der Waals surface area contributed by atoms with Crippen LogP contribution in [0.1, 0.15) is 111 Å². The van der Waals surface area contributed by atoms with Gasteiger partial charge in [0.1, 0.15) is 5.69 Å². The zero-order valence-corrected chi connectivity index (χ0v) is 62.1. The van der Waals surface area contributed by atoms with E-state index in [0.717, 1.165) is 97.6 Å². The van der Waals surface area contributed by atoms with Crippen molar-refractivity contribution in [2.24, 2.45) is 41.4 Å². The van der Waals surface area contributed by atoms with E-state index >= 15 is 0 Å². The number of oxazole rings is 1. The Bertz CT molecular complexity index is 2600. The number of hydrogen-bond acceptors (Lipinski definition) is 15. The molecule has 1 N–H and O–H groups in total. The second-order valence-electron chi connectivity index (χ2n) is 23.4. The van der Waals surface area contributed by atoms with Crippen LogP contribution in [0.3, 0.4) is 0 Å². The highest BCUT2D eigenvalue weighted by molar-refractivity contribution is 8.01. The van der Waals surface area contributed by atoms with Crippen LogP contribution >= 0.6 is 81.9 Å². The number of aromatic nitrogens is 4. The van der Waals surface area contributed by atoms with Crippen LogP contribution in [0.5, 0.6) is 0 Å². The maximum atomic E-state index is 8.36. The van der Waals surface area contributed by atoms with Crippen LogP contribution in [-0.4, -0.2) is 98.8 Å². The average Bonchev–Trinajstić information content (AvgIpc) is 4.31. The number of pyridine rings is 2. The van der Waals surface area contributed by atoms with Gasteiger partial charge in [-0.1, -0.05) is 218 Å². The second-order valence-corrected chi connectivity index (χ2v) is 31.0. The Morgan fingerprint density at radius 2 is 0.966 bits per heavy atom. The van der Waals surface area contributed by atoms with Gasteiger partial charge in [-0.05, 0) is 110 Å². The SMILES string of the molecule is CC(C)CSCCO.CC(C)CSc1ccccc1.CC(C)CSc1ccccn1.CC(C)CSc1cccnc1.CC(C)CSc1nc(-c2ccccc2)c(-c2ccccc2)o1.CC(C)CSc1nc2ccccc2s1.COC(C)C.COCC(C)C. The van der Waals surface area contributed by atoms with Crippen molar-refractivity contribution in [1.29, 1.82) is 0 Å². The van der Waals surface area contributed by atoms with E-state index in [9.17, 15) is 0 Å². The van der Waals surface area contributed by atoms with E-state index in [4.69, 9.17) is 24.0 Å². The van der Waals surface area contributed by atoms with Crippen LogP contribution in [0.2, 0.25) is 0 Å². The second kappa shape index (κ2) is 52.8. The number of thioether (sulfide) groups is 6. The summed E-state index contributed by atoms with van der Waals surface area (Å²) in [5.74, 6) is 13.6. The predicted molar refractivity (Wildman–Crippen MR) is 398 cm³/mol. The maximum Gasteiger partial charge on any atom is 0.256 e. The van der Waals surface area contributed by atoms with Crippen LogP contribution in [0, 0.1) is 41.4 Å². The molecule has 0 aliphatic rings. The molecule has 0 aliphatic heterocycles. The van der Waals surface area contributed by atoms with Crippen molar-refractivity contribution in [2.75, 3.05) is 67.7 Å². The Morgan fingerprint density at radius 1 is 0.477 bits per heavy atom. The molecule has 0 unspecified atom stereocenters. The topological polar surface area (TPSA) is 103 Å². The summed E-state index contributed by atoms with van der Waals surface area (Å²) >= 11 is 12.8. The first kappa shape index (κ1) is 82.3. The highest BCUT2D eigenvalue weighted by Gasteiger charge is 2.17. The molecular formula is C73H108N4O4S7. The van der Waals surface area contributed by atoms with Gasteiger partial charge in [0, 0.05) is 94.9 Å². The number of nitrogens with zero attached hydrogens (tertiary/aromatic N) is 4. The van der Waals surface area contributed by atoms with Gasteiger partial charge in [0.15, 0.2) is 10.1 Å². The van der Waals surface area contributed by atoms with E-state index in [1.54, 1.807) is 43.5 Å². The highest BCUT2D eigenvalue weighted by atomic mass is 32.2. The maximum absolute atomic E-state index is 8.36. The fourth-order valence-corrected chi connectivity index (χ4v) is 12.3. The molecule has 8 aromatic rings. The summed E-state index contributed by atoms with van der Waals surface area (Å²) in [4.78, 5) is 20.2. The third-order valence-electron chi connectivity index (χ3n) is 10.5. The van der Waals surface area contributed by atoms with E-state index in [-0.39, 0.29) is 0 Å². The number of methoxy groups -OCH3 is 2. The number of aliphatic hydroxyl groups is 1. The van der Waals surface area contributed by atoms with Crippen LogP contribution in [-0.2, 0) is 9.47 Å². The molecule has 8 nitrogen and oxygen atoms in total. The molecule has 0 radical (unpaired) electrons. The summed E-state index contributed by atoms with van der Waals surface area (Å²) in [5.41, 5.74) is 4.19. The van der Waals surface area contributed by atoms with Crippen LogP contribution in [0.15, 0.2) is 193 Å². The lowest BCUT2D eigenvalue weighted by molar-refractivity contribution is 0.134. The number of hydrogen-bond donors (Lipinski definition) is 1. The van der Waals surface area contributed by atoms with Crippen molar-refractivity contribution >= 4 is 92.1 Å². The number of benzene rings is 4. The summed E-state index contributed by atoms with van der Waals surface area (Å²) in [6, 6.07) is 49.3. The Hall–Kier alpha value is -3.74. The summed E-state index contributed by atoms with van der Waals surface area (Å²) < 4.78 is 18.1. The summed E-state index contributed by atoms with van der Waals surface area (Å²) in [5, 5.41) is 10.2. The van der Waals surface area contributed by atoms with Crippen LogP contribution in [0.4, 0.5) is 0 Å². The van der Waals surface area contributed by atoms with Gasteiger partial charge in [0.25, 0.3) is 5.22 Å². The van der Waals surface area contributed by atoms with E-state index < -0.39 is 0 Å². The Kier molecular flexibility index (Phi) is 49.4. The lowest BCUT2D eigenvalue weighted by atomic mass is 10.1. The molecule has 0 fully saturated rings. The number of aliphatic hydroxyl groups excluding tert-OH is 1. The van der Waals surface area contributed by atoms with Crippen LogP contribution < -0.4 is 0 Å². The molecule has 0 saturated carbocycles. The minimum atomic E-state index is 0.317. The molecule has 0 spiro atoms. The molecule has 0 aliphatic carbocycles. The summed E-state index contributed by atoms with van der Waals surface area (Å²) in [6.07, 6.45) is 5.93. The minimum absolute atomic E-state index is 0.317. The molecule has 486 valence electrons. The van der Waals surface area contributed by atoms with E-state index in [1.807, 2.05) is 152 Å². The number of fused-ring (bicyclic) bond motifs is 1. The monoisotopic (exact) mass is 1330 g/mol.